The van der Waals surface area contributed by atoms with Crippen molar-refractivity contribution in [3.05, 3.63) is 0 Å². The highest BCUT2D eigenvalue weighted by Crippen LogP contribution is 2.27. The molecular formula is C17H34N4O3. The Hall–Kier alpha value is -1.50. The first-order valence-electron chi connectivity index (χ1n) is 8.88. The van der Waals surface area contributed by atoms with Gasteiger partial charge in [0.2, 0.25) is 0 Å². The van der Waals surface area contributed by atoms with Crippen LogP contribution in [-0.2, 0) is 9.47 Å². The molecule has 1 saturated carbocycles. The molecule has 0 aromatic carbocycles. The fraction of sp³-hybridized carbons (Fsp3) is 0.882. The molecule has 24 heavy (non-hydrogen) atoms. The van der Waals surface area contributed by atoms with E-state index in [1.54, 1.807) is 7.11 Å². The molecule has 0 atom stereocenters. The molecule has 0 heterocycles. The van der Waals surface area contributed by atoms with Gasteiger partial charge < -0.3 is 25.0 Å². The molecule has 1 amide bonds. The van der Waals surface area contributed by atoms with E-state index in [0.29, 0.717) is 32.3 Å². The Morgan fingerprint density at radius 3 is 2.54 bits per heavy atom. The lowest BCUT2D eigenvalue weighted by atomic mass is 10.2. The number of rotatable bonds is 9. The molecule has 0 aliphatic heterocycles. The molecule has 0 unspecified atom stereocenters. The first kappa shape index (κ1) is 20.5. The van der Waals surface area contributed by atoms with Crippen molar-refractivity contribution in [2.24, 2.45) is 4.99 Å². The van der Waals surface area contributed by atoms with Crippen LogP contribution in [0.15, 0.2) is 4.99 Å². The molecule has 0 bridgehead atoms. The van der Waals surface area contributed by atoms with Crippen molar-refractivity contribution in [1.82, 2.24) is 15.5 Å². The first-order valence-corrected chi connectivity index (χ1v) is 8.88. The quantitative estimate of drug-likeness (QED) is 0.381. The number of carbonyl (C=O) groups excluding carboxylic acids is 1. The zero-order valence-corrected chi connectivity index (χ0v) is 15.9. The lowest BCUT2D eigenvalue weighted by Crippen LogP contribution is -2.45. The number of nitrogens with zero attached hydrogens (tertiary/aromatic N) is 2. The summed E-state index contributed by atoms with van der Waals surface area (Å²) in [6.45, 7) is 11.2. The molecule has 0 aromatic heterocycles. The highest BCUT2D eigenvalue weighted by molar-refractivity contribution is 5.79. The summed E-state index contributed by atoms with van der Waals surface area (Å²) in [5, 5.41) is 6.49. The second-order valence-corrected chi connectivity index (χ2v) is 6.94. The van der Waals surface area contributed by atoms with Crippen LogP contribution in [0.5, 0.6) is 0 Å². The van der Waals surface area contributed by atoms with Crippen LogP contribution >= 0.6 is 0 Å². The number of guanidine groups is 1. The number of nitrogens with one attached hydrogen (secondary N) is 2. The van der Waals surface area contributed by atoms with Crippen LogP contribution in [0, 0.1) is 0 Å². The zero-order chi connectivity index (χ0) is 18.0. The van der Waals surface area contributed by atoms with E-state index in [2.05, 4.69) is 15.6 Å². The molecule has 7 heteroatoms. The van der Waals surface area contributed by atoms with Gasteiger partial charge in [0, 0.05) is 45.9 Å². The third-order valence-corrected chi connectivity index (χ3v) is 3.38. The van der Waals surface area contributed by atoms with Crippen molar-refractivity contribution >= 4 is 12.1 Å². The monoisotopic (exact) mass is 342 g/mol. The van der Waals surface area contributed by atoms with Gasteiger partial charge in [-0.3, -0.25) is 4.99 Å². The minimum Gasteiger partial charge on any atom is -0.444 e. The van der Waals surface area contributed by atoms with Crippen molar-refractivity contribution in [2.75, 3.05) is 39.9 Å². The predicted molar refractivity (Wildman–Crippen MR) is 96.4 cm³/mol. The Labute approximate surface area is 146 Å². The Morgan fingerprint density at radius 2 is 2.00 bits per heavy atom. The van der Waals surface area contributed by atoms with Gasteiger partial charge in [-0.15, -0.1) is 0 Å². The van der Waals surface area contributed by atoms with Crippen LogP contribution in [0.25, 0.3) is 0 Å². The van der Waals surface area contributed by atoms with E-state index in [1.807, 2.05) is 32.6 Å². The van der Waals surface area contributed by atoms with E-state index < -0.39 is 5.60 Å². The smallest absolute Gasteiger partial charge is 0.410 e. The molecule has 0 radical (unpaired) electrons. The van der Waals surface area contributed by atoms with Gasteiger partial charge >= 0.3 is 6.09 Å². The van der Waals surface area contributed by atoms with Gasteiger partial charge in [-0.1, -0.05) is 0 Å². The minimum absolute atomic E-state index is 0.228. The first-order chi connectivity index (χ1) is 11.4. The third kappa shape index (κ3) is 8.96. The zero-order valence-electron chi connectivity index (χ0n) is 15.9. The average molecular weight is 342 g/mol. The van der Waals surface area contributed by atoms with Crippen molar-refractivity contribution in [2.45, 2.75) is 58.6 Å². The van der Waals surface area contributed by atoms with Crippen LogP contribution < -0.4 is 10.6 Å². The highest BCUT2D eigenvalue weighted by Gasteiger charge is 2.34. The number of hydrogen-bond donors (Lipinski definition) is 2. The number of ether oxygens (including phenoxy) is 2. The molecule has 0 aromatic rings. The van der Waals surface area contributed by atoms with Gasteiger partial charge in [-0.05, 0) is 47.0 Å². The summed E-state index contributed by atoms with van der Waals surface area (Å²) in [6.07, 6.45) is 2.78. The van der Waals surface area contributed by atoms with Crippen molar-refractivity contribution in [3.8, 4) is 0 Å². The highest BCUT2D eigenvalue weighted by atomic mass is 16.6. The van der Waals surface area contributed by atoms with E-state index in [-0.39, 0.29) is 6.09 Å². The number of hydrogen-bond acceptors (Lipinski definition) is 4. The molecule has 7 nitrogen and oxygen atoms in total. The summed E-state index contributed by atoms with van der Waals surface area (Å²) in [7, 11) is 1.69. The molecule has 1 aliphatic carbocycles. The summed E-state index contributed by atoms with van der Waals surface area (Å²) in [4.78, 5) is 18.6. The largest absolute Gasteiger partial charge is 0.444 e. The molecule has 0 saturated heterocycles. The van der Waals surface area contributed by atoms with Crippen LogP contribution in [0.1, 0.15) is 47.0 Å². The van der Waals surface area contributed by atoms with Gasteiger partial charge in [0.05, 0.1) is 0 Å². The molecule has 0 spiro atoms. The van der Waals surface area contributed by atoms with E-state index in [4.69, 9.17) is 9.47 Å². The summed E-state index contributed by atoms with van der Waals surface area (Å²) in [5.74, 6) is 0.772. The Balaban J connectivity index is 2.43. The fourth-order valence-corrected chi connectivity index (χ4v) is 2.17. The van der Waals surface area contributed by atoms with Gasteiger partial charge in [0.15, 0.2) is 5.96 Å². The van der Waals surface area contributed by atoms with E-state index in [1.165, 1.54) is 0 Å². The standard InChI is InChI=1S/C17H34N4O3/c1-6-18-15(19-10-7-13-23-5)20-11-12-21(14-8-9-14)16(22)24-17(2,3)4/h14H,6-13H2,1-5H3,(H2,18,19,20). The third-order valence-electron chi connectivity index (χ3n) is 3.38. The predicted octanol–water partition coefficient (Wildman–Crippen LogP) is 1.98. The molecule has 140 valence electrons. The Morgan fingerprint density at radius 1 is 1.29 bits per heavy atom. The molecular weight excluding hydrogens is 308 g/mol. The van der Waals surface area contributed by atoms with E-state index in [9.17, 15) is 4.79 Å². The van der Waals surface area contributed by atoms with Crippen LogP contribution in [-0.4, -0.2) is 68.5 Å². The molecule has 1 fully saturated rings. The average Bonchev–Trinajstić information content (AvgIpc) is 3.30. The lowest BCUT2D eigenvalue weighted by molar-refractivity contribution is 0.0238. The normalized spacial score (nSPS) is 15.1. The Kier molecular flexibility index (Phi) is 8.89. The van der Waals surface area contributed by atoms with Crippen molar-refractivity contribution in [1.29, 1.82) is 0 Å². The SMILES string of the molecule is CCNC(=NCCCOC)NCCN(C(=O)OC(C)(C)C)C1CC1. The van der Waals surface area contributed by atoms with Crippen molar-refractivity contribution < 1.29 is 14.3 Å². The maximum absolute atomic E-state index is 12.3. The second-order valence-electron chi connectivity index (χ2n) is 6.94. The Bertz CT molecular complexity index is 403. The number of aliphatic imine (C=N–C) groups is 1. The van der Waals surface area contributed by atoms with Crippen LogP contribution in [0.4, 0.5) is 4.79 Å². The molecule has 1 rings (SSSR count). The maximum Gasteiger partial charge on any atom is 0.410 e. The number of amides is 1. The van der Waals surface area contributed by atoms with Crippen molar-refractivity contribution in [3.63, 3.8) is 0 Å². The fourth-order valence-electron chi connectivity index (χ4n) is 2.17. The molecule has 1 aliphatic rings. The van der Waals surface area contributed by atoms with Gasteiger partial charge in [-0.25, -0.2) is 4.79 Å². The van der Waals surface area contributed by atoms with E-state index in [0.717, 1.165) is 31.8 Å². The van der Waals surface area contributed by atoms with Gasteiger partial charge in [0.1, 0.15) is 5.60 Å². The number of methoxy groups -OCH3 is 1. The minimum atomic E-state index is -0.463. The topological polar surface area (TPSA) is 75.2 Å². The summed E-state index contributed by atoms with van der Waals surface area (Å²) in [6, 6.07) is 0.322. The summed E-state index contributed by atoms with van der Waals surface area (Å²) in [5.41, 5.74) is -0.463. The van der Waals surface area contributed by atoms with Crippen LogP contribution in [0.2, 0.25) is 0 Å². The van der Waals surface area contributed by atoms with Crippen LogP contribution in [0.3, 0.4) is 0 Å². The summed E-state index contributed by atoms with van der Waals surface area (Å²) < 4.78 is 10.5. The van der Waals surface area contributed by atoms with Gasteiger partial charge in [0.25, 0.3) is 0 Å². The second kappa shape index (κ2) is 10.4. The molecule has 2 N–H and O–H groups in total. The lowest BCUT2D eigenvalue weighted by Gasteiger charge is -2.27. The number of carbonyl (C=O) groups is 1. The van der Waals surface area contributed by atoms with E-state index >= 15 is 0 Å². The maximum atomic E-state index is 12.3. The van der Waals surface area contributed by atoms with Gasteiger partial charge in [-0.2, -0.15) is 0 Å². The summed E-state index contributed by atoms with van der Waals surface area (Å²) >= 11 is 0.